The molecule has 0 bridgehead atoms. The van der Waals surface area contributed by atoms with Crippen LogP contribution in [0.4, 0.5) is 0 Å². The Morgan fingerprint density at radius 3 is 1.17 bits per heavy atom. The third-order valence-corrected chi connectivity index (χ3v) is 10.4. The Morgan fingerprint density at radius 1 is 0.407 bits per heavy atom. The third-order valence-electron chi connectivity index (χ3n) is 10.4. The second kappa shape index (κ2) is 12.6. The minimum absolute atomic E-state index is 0.229. The summed E-state index contributed by atoms with van der Waals surface area (Å²) in [7, 11) is 0. The summed E-state index contributed by atoms with van der Waals surface area (Å²) in [5, 5.41) is 43.5. The van der Waals surface area contributed by atoms with Gasteiger partial charge in [0.1, 0.15) is 11.2 Å². The Bertz CT molecular complexity index is 2610. The van der Waals surface area contributed by atoms with Crippen molar-refractivity contribution in [1.29, 1.82) is 0 Å². The summed E-state index contributed by atoms with van der Waals surface area (Å²) in [5.41, 5.74) is 4.30. The zero-order valence-electron chi connectivity index (χ0n) is 29.9. The molecule has 0 saturated carbocycles. The van der Waals surface area contributed by atoms with Gasteiger partial charge in [-0.05, 0) is 92.9 Å². The number of aromatic nitrogens is 4. The van der Waals surface area contributed by atoms with E-state index in [1.807, 2.05) is 152 Å². The minimum Gasteiger partial charge on any atom is -0.416 e. The molecule has 2 heterocycles. The lowest BCUT2D eigenvalue weighted by Gasteiger charge is -2.45. The number of hydrogen-bond donors (Lipinski definition) is 2. The van der Waals surface area contributed by atoms with Crippen molar-refractivity contribution in [3.8, 4) is 45.8 Å². The van der Waals surface area contributed by atoms with Gasteiger partial charge in [0, 0.05) is 22.3 Å². The van der Waals surface area contributed by atoms with Crippen molar-refractivity contribution in [3.05, 3.63) is 191 Å². The molecule has 2 atom stereocenters. The molecule has 264 valence electrons. The molecule has 8 heteroatoms. The first-order valence-corrected chi connectivity index (χ1v) is 17.8. The van der Waals surface area contributed by atoms with Crippen molar-refractivity contribution in [2.24, 2.45) is 0 Å². The normalized spacial score (nSPS) is 17.9. The maximum atomic E-state index is 13.2. The van der Waals surface area contributed by atoms with Crippen LogP contribution < -0.4 is 0 Å². The number of aliphatic hydroxyl groups is 2. The molecule has 6 aromatic carbocycles. The van der Waals surface area contributed by atoms with Crippen LogP contribution >= 0.6 is 0 Å². The van der Waals surface area contributed by atoms with Crippen LogP contribution in [0.3, 0.4) is 0 Å². The quantitative estimate of drug-likeness (QED) is 0.176. The average molecular weight is 709 g/mol. The van der Waals surface area contributed by atoms with Crippen molar-refractivity contribution in [2.75, 3.05) is 0 Å². The second-order valence-electron chi connectivity index (χ2n) is 14.7. The van der Waals surface area contributed by atoms with Gasteiger partial charge in [-0.3, -0.25) is 0 Å². The van der Waals surface area contributed by atoms with Crippen LogP contribution in [-0.4, -0.2) is 30.6 Å². The van der Waals surface area contributed by atoms with Gasteiger partial charge in [-0.25, -0.2) is 0 Å². The summed E-state index contributed by atoms with van der Waals surface area (Å²) in [6.07, 6.45) is 0. The average Bonchev–Trinajstić information content (AvgIpc) is 3.92. The number of fused-ring (bicyclic) bond motifs is 2. The molecule has 8 aromatic rings. The Morgan fingerprint density at radius 2 is 0.759 bits per heavy atom. The summed E-state index contributed by atoms with van der Waals surface area (Å²) in [6, 6.07) is 47.9. The van der Waals surface area contributed by atoms with Crippen LogP contribution in [0, 0.1) is 0 Å². The first-order chi connectivity index (χ1) is 26.1. The van der Waals surface area contributed by atoms with E-state index < -0.39 is 11.2 Å². The molecule has 1 aliphatic rings. The number of benzene rings is 6. The molecule has 0 saturated heterocycles. The van der Waals surface area contributed by atoms with Gasteiger partial charge in [0.05, 0.1) is 0 Å². The highest BCUT2D eigenvalue weighted by molar-refractivity contribution is 5.68. The lowest BCUT2D eigenvalue weighted by molar-refractivity contribution is 0.0746. The zero-order valence-corrected chi connectivity index (χ0v) is 29.9. The van der Waals surface area contributed by atoms with E-state index in [4.69, 9.17) is 8.83 Å². The van der Waals surface area contributed by atoms with E-state index >= 15 is 0 Å². The van der Waals surface area contributed by atoms with Gasteiger partial charge in [-0.1, -0.05) is 124 Å². The summed E-state index contributed by atoms with van der Waals surface area (Å²) in [4.78, 5) is 0. The molecular weight excluding hydrogens is 673 g/mol. The monoisotopic (exact) mass is 708 g/mol. The molecule has 0 aliphatic heterocycles. The number of hydrogen-bond acceptors (Lipinski definition) is 8. The predicted octanol–water partition coefficient (Wildman–Crippen LogP) is 9.30. The molecule has 1 aliphatic carbocycles. The molecule has 2 unspecified atom stereocenters. The number of nitrogens with zero attached hydrogens (tertiary/aromatic N) is 4. The van der Waals surface area contributed by atoms with Crippen molar-refractivity contribution in [2.45, 2.75) is 37.4 Å². The predicted molar refractivity (Wildman–Crippen MR) is 206 cm³/mol. The van der Waals surface area contributed by atoms with Gasteiger partial charge < -0.3 is 19.0 Å². The van der Waals surface area contributed by atoms with Crippen LogP contribution in [0.1, 0.15) is 59.7 Å². The molecule has 2 aromatic heterocycles. The van der Waals surface area contributed by atoms with E-state index in [1.165, 1.54) is 0 Å². The molecule has 9 rings (SSSR count). The van der Waals surface area contributed by atoms with E-state index in [9.17, 15) is 10.2 Å². The highest BCUT2D eigenvalue weighted by atomic mass is 16.4. The zero-order chi connectivity index (χ0) is 37.1. The lowest BCUT2D eigenvalue weighted by atomic mass is 9.62. The van der Waals surface area contributed by atoms with Gasteiger partial charge in [0.25, 0.3) is 0 Å². The second-order valence-corrected chi connectivity index (χ2v) is 14.7. The highest BCUT2D eigenvalue weighted by Crippen LogP contribution is 2.54. The summed E-state index contributed by atoms with van der Waals surface area (Å²) >= 11 is 0. The van der Waals surface area contributed by atoms with E-state index in [-0.39, 0.29) is 5.41 Å². The maximum Gasteiger partial charge on any atom is 0.248 e. The van der Waals surface area contributed by atoms with E-state index in [0.717, 1.165) is 27.8 Å². The van der Waals surface area contributed by atoms with Crippen LogP contribution in [0.15, 0.2) is 160 Å². The SMILES string of the molecule is CC(C)(C)c1ccc2c(c1)C(O)(c1ccc(-c3nnc(-c4ccccc4)o3)cc1)c1ccccc1C2(O)c1ccc(-c2nnc(-c3ccccc3)o2)cc1. The van der Waals surface area contributed by atoms with Crippen molar-refractivity contribution in [1.82, 2.24) is 20.4 Å². The minimum atomic E-state index is -1.61. The van der Waals surface area contributed by atoms with Gasteiger partial charge in [0.15, 0.2) is 0 Å². The smallest absolute Gasteiger partial charge is 0.248 e. The Hall–Kier alpha value is -6.48. The Labute approximate surface area is 312 Å². The lowest BCUT2D eigenvalue weighted by Crippen LogP contribution is -2.44. The van der Waals surface area contributed by atoms with Crippen LogP contribution in [0.2, 0.25) is 0 Å². The summed E-state index contributed by atoms with van der Waals surface area (Å²) in [5.74, 6) is 1.61. The molecule has 0 amide bonds. The Balaban J connectivity index is 1.14. The Kier molecular flexibility index (Phi) is 7.77. The molecule has 0 spiro atoms. The van der Waals surface area contributed by atoms with Crippen LogP contribution in [0.5, 0.6) is 0 Å². The summed E-state index contributed by atoms with van der Waals surface area (Å²) < 4.78 is 12.1. The summed E-state index contributed by atoms with van der Waals surface area (Å²) in [6.45, 7) is 6.41. The van der Waals surface area contributed by atoms with Crippen molar-refractivity contribution >= 4 is 0 Å². The van der Waals surface area contributed by atoms with Gasteiger partial charge >= 0.3 is 0 Å². The first-order valence-electron chi connectivity index (χ1n) is 17.8. The fourth-order valence-corrected chi connectivity index (χ4v) is 7.43. The fraction of sp³-hybridized carbons (Fsp3) is 0.130. The topological polar surface area (TPSA) is 118 Å². The highest BCUT2D eigenvalue weighted by Gasteiger charge is 2.51. The van der Waals surface area contributed by atoms with Crippen LogP contribution in [0.25, 0.3) is 45.8 Å². The van der Waals surface area contributed by atoms with Crippen LogP contribution in [-0.2, 0) is 16.6 Å². The van der Waals surface area contributed by atoms with Gasteiger partial charge in [0.2, 0.25) is 23.6 Å². The molecule has 2 N–H and O–H groups in total. The third kappa shape index (κ3) is 5.38. The molecule has 0 fully saturated rings. The van der Waals surface area contributed by atoms with E-state index in [0.29, 0.717) is 56.9 Å². The van der Waals surface area contributed by atoms with Crippen molar-refractivity contribution in [3.63, 3.8) is 0 Å². The molecule has 54 heavy (non-hydrogen) atoms. The van der Waals surface area contributed by atoms with Crippen molar-refractivity contribution < 1.29 is 19.0 Å². The molecule has 0 radical (unpaired) electrons. The number of rotatable bonds is 6. The van der Waals surface area contributed by atoms with E-state index in [1.54, 1.807) is 0 Å². The molecular formula is C46H36N4O4. The van der Waals surface area contributed by atoms with Gasteiger partial charge in [-0.15, -0.1) is 20.4 Å². The largest absolute Gasteiger partial charge is 0.416 e. The van der Waals surface area contributed by atoms with E-state index in [2.05, 4.69) is 41.2 Å². The standard InChI is InChI=1S/C46H36N4O4/c1-44(2,3)35-26-27-38-39(28-35)46(52,34-24-20-32(21-25-34)43-50-48-41(54-43)30-14-8-5-9-15-30)37-17-11-10-16-36(37)45(38,51)33-22-18-31(19-23-33)42-49-47-40(53-42)29-12-6-4-7-13-29/h4-28,51-52H,1-3H3. The fourth-order valence-electron chi connectivity index (χ4n) is 7.43. The van der Waals surface area contributed by atoms with Gasteiger partial charge in [-0.2, -0.15) is 0 Å². The first kappa shape index (κ1) is 33.4. The molecule has 8 nitrogen and oxygen atoms in total. The maximum absolute atomic E-state index is 13.2.